The highest BCUT2D eigenvalue weighted by atomic mass is 32.2. The van der Waals surface area contributed by atoms with Crippen LogP contribution in [0, 0.1) is 18.8 Å². The predicted octanol–water partition coefficient (Wildman–Crippen LogP) is 5.05. The minimum absolute atomic E-state index is 0.0438. The molecule has 1 heterocycles. The lowest BCUT2D eigenvalue weighted by molar-refractivity contribution is -0.149. The first-order chi connectivity index (χ1) is 13.5. The monoisotopic (exact) mass is 404 g/mol. The molecule has 1 saturated carbocycles. The van der Waals surface area contributed by atoms with Crippen molar-refractivity contribution >= 4 is 29.4 Å². The lowest BCUT2D eigenvalue weighted by atomic mass is 9.88. The van der Waals surface area contributed by atoms with Crippen LogP contribution in [-0.2, 0) is 9.53 Å². The molecule has 154 valence electrons. The Kier molecular flexibility index (Phi) is 7.27. The summed E-state index contributed by atoms with van der Waals surface area (Å²) in [5.41, 5.74) is 1.90. The standard InChI is InChI=1S/C22H32N2O3S/c1-15(2)13-27-21(25)19-14-28-20(17-7-5-4-6-8-17)24(19)22(26)23-18-11-9-16(3)10-12-18/h9-12,15,17,19-20H,4-8,13-14H2,1-3H3,(H,23,26). The lowest BCUT2D eigenvalue weighted by Crippen LogP contribution is -2.50. The summed E-state index contributed by atoms with van der Waals surface area (Å²) in [4.78, 5) is 27.7. The molecule has 3 rings (SSSR count). The third-order valence-corrected chi connectivity index (χ3v) is 6.92. The van der Waals surface area contributed by atoms with E-state index in [2.05, 4.69) is 5.32 Å². The molecule has 6 heteroatoms. The fourth-order valence-corrected chi connectivity index (χ4v) is 5.54. The van der Waals surface area contributed by atoms with Crippen molar-refractivity contribution in [2.75, 3.05) is 17.7 Å². The molecule has 1 N–H and O–H groups in total. The number of amides is 2. The number of carbonyl (C=O) groups is 2. The first-order valence-electron chi connectivity index (χ1n) is 10.4. The van der Waals surface area contributed by atoms with Gasteiger partial charge in [-0.3, -0.25) is 4.90 Å². The number of hydrogen-bond donors (Lipinski definition) is 1. The largest absolute Gasteiger partial charge is 0.464 e. The van der Waals surface area contributed by atoms with E-state index >= 15 is 0 Å². The summed E-state index contributed by atoms with van der Waals surface area (Å²) in [6.07, 6.45) is 5.93. The van der Waals surface area contributed by atoms with Crippen LogP contribution in [0.2, 0.25) is 0 Å². The zero-order valence-corrected chi connectivity index (χ0v) is 18.0. The number of nitrogens with zero attached hydrogens (tertiary/aromatic N) is 1. The van der Waals surface area contributed by atoms with Crippen LogP contribution in [0.4, 0.5) is 10.5 Å². The average molecular weight is 405 g/mol. The molecule has 0 spiro atoms. The smallest absolute Gasteiger partial charge is 0.329 e. The van der Waals surface area contributed by atoms with Crippen molar-refractivity contribution in [2.24, 2.45) is 11.8 Å². The summed E-state index contributed by atoms with van der Waals surface area (Å²) in [6.45, 7) is 6.44. The van der Waals surface area contributed by atoms with E-state index in [-0.39, 0.29) is 23.3 Å². The Labute approximate surface area is 172 Å². The average Bonchev–Trinajstić information content (AvgIpc) is 3.14. The van der Waals surface area contributed by atoms with Gasteiger partial charge < -0.3 is 10.1 Å². The number of nitrogens with one attached hydrogen (secondary N) is 1. The molecule has 1 saturated heterocycles. The minimum atomic E-state index is -0.513. The number of anilines is 1. The molecule has 2 aliphatic rings. The van der Waals surface area contributed by atoms with E-state index in [0.29, 0.717) is 18.3 Å². The van der Waals surface area contributed by atoms with Gasteiger partial charge in [0, 0.05) is 11.4 Å². The number of benzene rings is 1. The van der Waals surface area contributed by atoms with Gasteiger partial charge >= 0.3 is 12.0 Å². The molecule has 5 nitrogen and oxygen atoms in total. The zero-order valence-electron chi connectivity index (χ0n) is 17.1. The van der Waals surface area contributed by atoms with Crippen LogP contribution in [0.1, 0.15) is 51.5 Å². The molecule has 0 radical (unpaired) electrons. The second-order valence-electron chi connectivity index (χ2n) is 8.37. The first-order valence-corrected chi connectivity index (χ1v) is 11.4. The fourth-order valence-electron chi connectivity index (χ4n) is 3.92. The minimum Gasteiger partial charge on any atom is -0.464 e. The van der Waals surface area contributed by atoms with E-state index in [0.717, 1.165) is 24.1 Å². The molecule has 1 aromatic rings. The normalized spacial score (nSPS) is 23.1. The summed E-state index contributed by atoms with van der Waals surface area (Å²) in [5.74, 6) is 1.06. The summed E-state index contributed by atoms with van der Waals surface area (Å²) in [5, 5.41) is 3.04. The van der Waals surface area contributed by atoms with Crippen LogP contribution in [0.15, 0.2) is 24.3 Å². The van der Waals surface area contributed by atoms with E-state index in [1.54, 1.807) is 16.7 Å². The number of urea groups is 1. The van der Waals surface area contributed by atoms with Gasteiger partial charge in [-0.05, 0) is 43.7 Å². The Morgan fingerprint density at radius 1 is 1.18 bits per heavy atom. The maximum absolute atomic E-state index is 13.2. The third kappa shape index (κ3) is 5.22. The number of thioether (sulfide) groups is 1. The number of aryl methyl sites for hydroxylation is 1. The Bertz CT molecular complexity index is 671. The molecule has 2 atom stereocenters. The molecule has 1 aliphatic heterocycles. The van der Waals surface area contributed by atoms with Crippen molar-refractivity contribution in [2.45, 2.75) is 64.3 Å². The number of ether oxygens (including phenoxy) is 1. The highest BCUT2D eigenvalue weighted by Crippen LogP contribution is 2.41. The number of rotatable bonds is 5. The summed E-state index contributed by atoms with van der Waals surface area (Å²) < 4.78 is 5.50. The van der Waals surface area contributed by atoms with Gasteiger partial charge in [-0.1, -0.05) is 50.8 Å². The van der Waals surface area contributed by atoms with Crippen LogP contribution >= 0.6 is 11.8 Å². The van der Waals surface area contributed by atoms with Gasteiger partial charge in [0.2, 0.25) is 0 Å². The van der Waals surface area contributed by atoms with Crippen molar-refractivity contribution in [3.63, 3.8) is 0 Å². The number of hydrogen-bond acceptors (Lipinski definition) is 4. The molecule has 2 unspecified atom stereocenters. The third-order valence-electron chi connectivity index (χ3n) is 5.46. The highest BCUT2D eigenvalue weighted by Gasteiger charge is 2.45. The Balaban J connectivity index is 1.76. The van der Waals surface area contributed by atoms with Crippen molar-refractivity contribution in [3.8, 4) is 0 Å². The molecule has 28 heavy (non-hydrogen) atoms. The Morgan fingerprint density at radius 3 is 2.50 bits per heavy atom. The van der Waals surface area contributed by atoms with Crippen LogP contribution in [0.5, 0.6) is 0 Å². The number of esters is 1. The number of carbonyl (C=O) groups excluding carboxylic acids is 2. The van der Waals surface area contributed by atoms with E-state index < -0.39 is 6.04 Å². The maximum atomic E-state index is 13.2. The molecular weight excluding hydrogens is 372 g/mol. The van der Waals surface area contributed by atoms with Crippen LogP contribution in [0.25, 0.3) is 0 Å². The molecule has 1 aliphatic carbocycles. The fraction of sp³-hybridized carbons (Fsp3) is 0.636. The van der Waals surface area contributed by atoms with E-state index in [1.165, 1.54) is 19.3 Å². The van der Waals surface area contributed by atoms with Gasteiger partial charge in [0.25, 0.3) is 0 Å². The topological polar surface area (TPSA) is 58.6 Å². The molecule has 2 amide bonds. The molecule has 2 fully saturated rings. The molecule has 0 aromatic heterocycles. The Morgan fingerprint density at radius 2 is 1.86 bits per heavy atom. The van der Waals surface area contributed by atoms with E-state index in [4.69, 9.17) is 4.74 Å². The van der Waals surface area contributed by atoms with Crippen LogP contribution in [-0.4, -0.2) is 40.7 Å². The second-order valence-corrected chi connectivity index (χ2v) is 9.51. The van der Waals surface area contributed by atoms with E-state index in [1.807, 2.05) is 45.0 Å². The first kappa shape index (κ1) is 21.0. The summed E-state index contributed by atoms with van der Waals surface area (Å²) >= 11 is 1.73. The van der Waals surface area contributed by atoms with Gasteiger partial charge in [-0.25, -0.2) is 9.59 Å². The van der Waals surface area contributed by atoms with Crippen LogP contribution < -0.4 is 5.32 Å². The van der Waals surface area contributed by atoms with Crippen molar-refractivity contribution in [1.29, 1.82) is 0 Å². The predicted molar refractivity (Wildman–Crippen MR) is 114 cm³/mol. The zero-order chi connectivity index (χ0) is 20.1. The van der Waals surface area contributed by atoms with Gasteiger partial charge in [0.15, 0.2) is 0 Å². The van der Waals surface area contributed by atoms with Crippen LogP contribution in [0.3, 0.4) is 0 Å². The van der Waals surface area contributed by atoms with Crippen molar-refractivity contribution in [1.82, 2.24) is 4.90 Å². The molecule has 0 bridgehead atoms. The van der Waals surface area contributed by atoms with Crippen molar-refractivity contribution in [3.05, 3.63) is 29.8 Å². The summed E-state index contributed by atoms with van der Waals surface area (Å²) in [7, 11) is 0. The van der Waals surface area contributed by atoms with E-state index in [9.17, 15) is 9.59 Å². The second kappa shape index (κ2) is 9.68. The van der Waals surface area contributed by atoms with Gasteiger partial charge in [-0.2, -0.15) is 0 Å². The highest BCUT2D eigenvalue weighted by molar-refractivity contribution is 8.00. The Hall–Kier alpha value is -1.69. The summed E-state index contributed by atoms with van der Waals surface area (Å²) in [6, 6.07) is 7.04. The van der Waals surface area contributed by atoms with Gasteiger partial charge in [0.05, 0.1) is 12.0 Å². The van der Waals surface area contributed by atoms with Gasteiger partial charge in [0.1, 0.15) is 6.04 Å². The maximum Gasteiger partial charge on any atom is 0.329 e. The van der Waals surface area contributed by atoms with Crippen molar-refractivity contribution < 1.29 is 14.3 Å². The molecule has 1 aromatic carbocycles. The molecular formula is C22H32N2O3S. The SMILES string of the molecule is Cc1ccc(NC(=O)N2C(C(=O)OCC(C)C)CSC2C2CCCCC2)cc1. The van der Waals surface area contributed by atoms with Gasteiger partial charge in [-0.15, -0.1) is 11.8 Å². The lowest BCUT2D eigenvalue weighted by Gasteiger charge is -2.35. The quantitative estimate of drug-likeness (QED) is 0.698.